The number of non-ortho nitro benzene ring substituents is 1. The first kappa shape index (κ1) is 10.4. The molecule has 0 saturated heterocycles. The lowest BCUT2D eigenvalue weighted by atomic mass is 10.1. The van der Waals surface area contributed by atoms with E-state index < -0.39 is 4.92 Å². The summed E-state index contributed by atoms with van der Waals surface area (Å²) in [6, 6.07) is 6.41. The fourth-order valence-electron chi connectivity index (χ4n) is 1.62. The lowest BCUT2D eigenvalue weighted by molar-refractivity contribution is -0.384. The molecule has 0 fully saturated rings. The lowest BCUT2D eigenvalue weighted by Gasteiger charge is -2.04. The molecule has 1 heterocycles. The molecular weight excluding hydrogens is 206 g/mol. The summed E-state index contributed by atoms with van der Waals surface area (Å²) in [5.74, 6) is 0.490. The highest BCUT2D eigenvalue weighted by molar-refractivity contribution is 5.83. The first-order valence-electron chi connectivity index (χ1n) is 4.95. The van der Waals surface area contributed by atoms with Crippen LogP contribution in [0.1, 0.15) is 12.5 Å². The van der Waals surface area contributed by atoms with Crippen molar-refractivity contribution in [2.45, 2.75) is 13.3 Å². The Kier molecular flexibility index (Phi) is 2.44. The number of pyridine rings is 1. The first-order valence-corrected chi connectivity index (χ1v) is 4.95. The van der Waals surface area contributed by atoms with Crippen LogP contribution in [-0.4, -0.2) is 9.91 Å². The van der Waals surface area contributed by atoms with Crippen molar-refractivity contribution in [3.05, 3.63) is 39.9 Å². The molecule has 0 spiro atoms. The van der Waals surface area contributed by atoms with Crippen molar-refractivity contribution in [2.75, 3.05) is 5.73 Å². The minimum absolute atomic E-state index is 0.0705. The number of hydrogen-bond acceptors (Lipinski definition) is 4. The third-order valence-electron chi connectivity index (χ3n) is 2.50. The molecular formula is C11H11N3O2. The maximum atomic E-state index is 10.6. The van der Waals surface area contributed by atoms with Gasteiger partial charge in [0, 0.05) is 17.5 Å². The Hall–Kier alpha value is -2.17. The quantitative estimate of drug-likeness (QED) is 0.618. The maximum absolute atomic E-state index is 10.6. The van der Waals surface area contributed by atoms with Gasteiger partial charge in [0.2, 0.25) is 0 Å². The predicted molar refractivity (Wildman–Crippen MR) is 62.2 cm³/mol. The molecule has 2 aromatic rings. The maximum Gasteiger partial charge on any atom is 0.270 e. The minimum Gasteiger partial charge on any atom is -0.383 e. The SMILES string of the molecule is CCc1cc2cc([N+](=O)[O-])ccc2nc1N. The largest absolute Gasteiger partial charge is 0.383 e. The van der Waals surface area contributed by atoms with Crippen LogP contribution in [0.25, 0.3) is 10.9 Å². The van der Waals surface area contributed by atoms with Crippen LogP contribution in [0.4, 0.5) is 11.5 Å². The summed E-state index contributed by atoms with van der Waals surface area (Å²) >= 11 is 0. The van der Waals surface area contributed by atoms with Crippen molar-refractivity contribution in [3.8, 4) is 0 Å². The normalized spacial score (nSPS) is 10.6. The van der Waals surface area contributed by atoms with Gasteiger partial charge in [-0.1, -0.05) is 6.92 Å². The summed E-state index contributed by atoms with van der Waals surface area (Å²) in [7, 11) is 0. The molecule has 0 amide bonds. The van der Waals surface area contributed by atoms with Crippen LogP contribution in [0.5, 0.6) is 0 Å². The van der Waals surface area contributed by atoms with E-state index in [9.17, 15) is 10.1 Å². The summed E-state index contributed by atoms with van der Waals surface area (Å²) in [6.07, 6.45) is 0.761. The topological polar surface area (TPSA) is 82.0 Å². The van der Waals surface area contributed by atoms with E-state index in [1.54, 1.807) is 6.07 Å². The van der Waals surface area contributed by atoms with Gasteiger partial charge in [0.05, 0.1) is 10.4 Å². The van der Waals surface area contributed by atoms with E-state index in [1.165, 1.54) is 12.1 Å². The number of nitrogen functional groups attached to an aromatic ring is 1. The highest BCUT2D eigenvalue weighted by Gasteiger charge is 2.08. The van der Waals surface area contributed by atoms with Gasteiger partial charge < -0.3 is 5.73 Å². The zero-order chi connectivity index (χ0) is 11.7. The number of aromatic nitrogens is 1. The molecule has 0 radical (unpaired) electrons. The number of benzene rings is 1. The fraction of sp³-hybridized carbons (Fsp3) is 0.182. The number of rotatable bonds is 2. The van der Waals surface area contributed by atoms with Crippen molar-refractivity contribution in [1.29, 1.82) is 0 Å². The zero-order valence-electron chi connectivity index (χ0n) is 8.80. The summed E-state index contributed by atoms with van der Waals surface area (Å²) in [5, 5.41) is 11.4. The molecule has 1 aromatic heterocycles. The number of hydrogen-bond donors (Lipinski definition) is 1. The Balaban J connectivity index is 2.68. The van der Waals surface area contributed by atoms with E-state index in [0.29, 0.717) is 11.3 Å². The number of fused-ring (bicyclic) bond motifs is 1. The molecule has 0 aliphatic heterocycles. The Morgan fingerprint density at radius 1 is 1.44 bits per heavy atom. The average molecular weight is 217 g/mol. The Bertz CT molecular complexity index is 566. The van der Waals surface area contributed by atoms with Gasteiger partial charge in [0.15, 0.2) is 0 Å². The lowest BCUT2D eigenvalue weighted by Crippen LogP contribution is -1.97. The molecule has 0 aliphatic carbocycles. The third-order valence-corrected chi connectivity index (χ3v) is 2.50. The van der Waals surface area contributed by atoms with Gasteiger partial charge in [-0.15, -0.1) is 0 Å². The smallest absolute Gasteiger partial charge is 0.270 e. The predicted octanol–water partition coefficient (Wildman–Crippen LogP) is 2.29. The summed E-state index contributed by atoms with van der Waals surface area (Å²) in [6.45, 7) is 1.97. The Labute approximate surface area is 92.1 Å². The van der Waals surface area contributed by atoms with Gasteiger partial charge in [-0.3, -0.25) is 10.1 Å². The van der Waals surface area contributed by atoms with E-state index in [1.807, 2.05) is 13.0 Å². The number of nitro benzene ring substituents is 1. The van der Waals surface area contributed by atoms with Crippen LogP contribution in [0.15, 0.2) is 24.3 Å². The second-order valence-electron chi connectivity index (χ2n) is 3.52. The average Bonchev–Trinajstić information content (AvgIpc) is 2.27. The highest BCUT2D eigenvalue weighted by Crippen LogP contribution is 2.23. The molecule has 2 N–H and O–H groups in total. The van der Waals surface area contributed by atoms with E-state index >= 15 is 0 Å². The van der Waals surface area contributed by atoms with Gasteiger partial charge >= 0.3 is 0 Å². The molecule has 0 atom stereocenters. The van der Waals surface area contributed by atoms with Gasteiger partial charge in [-0.05, 0) is 24.1 Å². The van der Waals surface area contributed by atoms with E-state index in [2.05, 4.69) is 4.98 Å². The molecule has 16 heavy (non-hydrogen) atoms. The summed E-state index contributed by atoms with van der Waals surface area (Å²) < 4.78 is 0. The van der Waals surface area contributed by atoms with Crippen LogP contribution in [0, 0.1) is 10.1 Å². The third kappa shape index (κ3) is 1.67. The van der Waals surface area contributed by atoms with Crippen LogP contribution in [0.3, 0.4) is 0 Å². The molecule has 5 nitrogen and oxygen atoms in total. The molecule has 0 bridgehead atoms. The van der Waals surface area contributed by atoms with E-state index in [4.69, 9.17) is 5.73 Å². The second-order valence-corrected chi connectivity index (χ2v) is 3.52. The Morgan fingerprint density at radius 2 is 2.19 bits per heavy atom. The molecule has 5 heteroatoms. The van der Waals surface area contributed by atoms with Crippen LogP contribution in [0.2, 0.25) is 0 Å². The fourth-order valence-corrected chi connectivity index (χ4v) is 1.62. The number of anilines is 1. The molecule has 0 aliphatic rings. The standard InChI is InChI=1S/C11H11N3O2/c1-2-7-5-8-6-9(14(15)16)3-4-10(8)13-11(7)12/h3-6H,2H2,1H3,(H2,12,13). The summed E-state index contributed by atoms with van der Waals surface area (Å²) in [5.41, 5.74) is 7.41. The van der Waals surface area contributed by atoms with Gasteiger partial charge in [-0.25, -0.2) is 4.98 Å². The number of nitro groups is 1. The van der Waals surface area contributed by atoms with Crippen molar-refractivity contribution in [2.24, 2.45) is 0 Å². The van der Waals surface area contributed by atoms with Gasteiger partial charge in [0.25, 0.3) is 5.69 Å². The number of nitrogens with two attached hydrogens (primary N) is 1. The molecule has 82 valence electrons. The molecule has 2 rings (SSSR count). The number of aryl methyl sites for hydroxylation is 1. The molecule has 0 saturated carbocycles. The first-order chi connectivity index (χ1) is 7.61. The molecule has 1 aromatic carbocycles. The highest BCUT2D eigenvalue weighted by atomic mass is 16.6. The van der Waals surface area contributed by atoms with Gasteiger partial charge in [-0.2, -0.15) is 0 Å². The van der Waals surface area contributed by atoms with Crippen LogP contribution in [-0.2, 0) is 6.42 Å². The van der Waals surface area contributed by atoms with Gasteiger partial charge in [0.1, 0.15) is 5.82 Å². The van der Waals surface area contributed by atoms with Crippen molar-refractivity contribution in [1.82, 2.24) is 4.98 Å². The number of nitrogens with zero attached hydrogens (tertiary/aromatic N) is 2. The van der Waals surface area contributed by atoms with Crippen LogP contribution >= 0.6 is 0 Å². The van der Waals surface area contributed by atoms with Crippen molar-refractivity contribution < 1.29 is 4.92 Å². The second kappa shape index (κ2) is 3.77. The van der Waals surface area contributed by atoms with E-state index in [0.717, 1.165) is 17.4 Å². The van der Waals surface area contributed by atoms with E-state index in [-0.39, 0.29) is 5.69 Å². The van der Waals surface area contributed by atoms with Crippen molar-refractivity contribution >= 4 is 22.4 Å². The monoisotopic (exact) mass is 217 g/mol. The zero-order valence-corrected chi connectivity index (χ0v) is 8.80. The van der Waals surface area contributed by atoms with Crippen molar-refractivity contribution in [3.63, 3.8) is 0 Å². The minimum atomic E-state index is -0.415. The van der Waals surface area contributed by atoms with Crippen LogP contribution < -0.4 is 5.73 Å². The molecule has 0 unspecified atom stereocenters. The summed E-state index contributed by atoms with van der Waals surface area (Å²) in [4.78, 5) is 14.4. The Morgan fingerprint density at radius 3 is 2.81 bits per heavy atom.